The maximum absolute atomic E-state index is 15.1. The molecule has 6 rings (SSSR count). The van der Waals surface area contributed by atoms with Gasteiger partial charge >= 0.3 is 12.0 Å². The van der Waals surface area contributed by atoms with E-state index < -0.39 is 5.82 Å². The second-order valence-electron chi connectivity index (χ2n) is 11.6. The van der Waals surface area contributed by atoms with Crippen LogP contribution in [0.25, 0.3) is 22.0 Å². The first kappa shape index (κ1) is 28.6. The molecule has 4 aromatic rings. The van der Waals surface area contributed by atoms with Crippen molar-refractivity contribution in [2.24, 2.45) is 5.41 Å². The van der Waals surface area contributed by atoms with Crippen molar-refractivity contribution in [1.29, 1.82) is 0 Å². The van der Waals surface area contributed by atoms with Gasteiger partial charge in [0.05, 0.1) is 26.1 Å². The molecular weight excluding hydrogens is 553 g/mol. The van der Waals surface area contributed by atoms with Crippen molar-refractivity contribution in [2.75, 3.05) is 71.2 Å². The van der Waals surface area contributed by atoms with Crippen LogP contribution in [0, 0.1) is 11.2 Å². The lowest BCUT2D eigenvalue weighted by Crippen LogP contribution is -2.38. The maximum Gasteiger partial charge on any atom is 0.346 e. The van der Waals surface area contributed by atoms with Crippen molar-refractivity contribution in [2.45, 2.75) is 19.3 Å². The van der Waals surface area contributed by atoms with Gasteiger partial charge in [0, 0.05) is 60.3 Å². The average Bonchev–Trinajstić information content (AvgIpc) is 3.61. The van der Waals surface area contributed by atoms with Gasteiger partial charge < -0.3 is 29.9 Å². The van der Waals surface area contributed by atoms with Crippen molar-refractivity contribution >= 4 is 28.4 Å². The van der Waals surface area contributed by atoms with Crippen molar-refractivity contribution in [1.82, 2.24) is 34.8 Å². The third-order valence-electron chi connectivity index (χ3n) is 8.10. The van der Waals surface area contributed by atoms with Gasteiger partial charge in [-0.25, -0.2) is 9.18 Å². The fourth-order valence-corrected chi connectivity index (χ4v) is 5.86. The molecular formula is C30H36FN9O3. The zero-order valence-corrected chi connectivity index (χ0v) is 24.7. The van der Waals surface area contributed by atoms with Crippen LogP contribution >= 0.6 is 0 Å². The van der Waals surface area contributed by atoms with E-state index >= 15 is 4.39 Å². The fourth-order valence-electron chi connectivity index (χ4n) is 5.86. The molecule has 2 aromatic carbocycles. The summed E-state index contributed by atoms with van der Waals surface area (Å²) in [6, 6.07) is 8.27. The monoisotopic (exact) mass is 589 g/mol. The number of halogens is 1. The zero-order chi connectivity index (χ0) is 30.1. The predicted octanol–water partition coefficient (Wildman–Crippen LogP) is 3.52. The molecule has 1 amide bonds. The Morgan fingerprint density at radius 1 is 1.12 bits per heavy atom. The van der Waals surface area contributed by atoms with Gasteiger partial charge in [0.15, 0.2) is 5.75 Å². The van der Waals surface area contributed by atoms with E-state index in [0.29, 0.717) is 61.1 Å². The van der Waals surface area contributed by atoms with Crippen LogP contribution < -0.4 is 20.1 Å². The minimum Gasteiger partial charge on any atom is -0.494 e. The molecule has 2 fully saturated rings. The normalized spacial score (nSPS) is 16.4. The number of carbonyl (C=O) groups is 1. The van der Waals surface area contributed by atoms with Crippen LogP contribution in [0.4, 0.5) is 20.7 Å². The van der Waals surface area contributed by atoms with E-state index in [1.54, 1.807) is 29.3 Å². The van der Waals surface area contributed by atoms with E-state index in [4.69, 9.17) is 25.2 Å². The van der Waals surface area contributed by atoms with Gasteiger partial charge in [0.1, 0.15) is 17.2 Å². The number of benzene rings is 2. The van der Waals surface area contributed by atoms with Crippen LogP contribution in [0.5, 0.6) is 11.8 Å². The minimum absolute atomic E-state index is 0.0698. The van der Waals surface area contributed by atoms with E-state index in [-0.39, 0.29) is 23.0 Å². The molecule has 1 saturated carbocycles. The fraction of sp³-hybridized carbons (Fsp3) is 0.433. The number of ether oxygens (including phenoxy) is 2. The first-order valence-electron chi connectivity index (χ1n) is 14.4. The number of anilines is 2. The van der Waals surface area contributed by atoms with Crippen LogP contribution in [0.15, 0.2) is 42.7 Å². The number of amides is 1. The number of hydrogen-bond donors (Lipinski definition) is 1. The lowest BCUT2D eigenvalue weighted by atomic mass is 10.00. The lowest BCUT2D eigenvalue weighted by Gasteiger charge is -2.25. The molecule has 0 spiro atoms. The van der Waals surface area contributed by atoms with E-state index in [1.807, 2.05) is 6.07 Å². The maximum atomic E-state index is 15.1. The van der Waals surface area contributed by atoms with Gasteiger partial charge in [-0.2, -0.15) is 14.6 Å². The second kappa shape index (κ2) is 11.6. The molecule has 1 aliphatic carbocycles. The molecule has 2 aromatic heterocycles. The Morgan fingerprint density at radius 2 is 1.95 bits per heavy atom. The SMILES string of the molecule is COc1c(-c2c(N)cccc2F)ccc2c(N3CCCN(C(=O)n4ccnn4)CC3)nc(OCC3(CN(C)C)CC3)nc12. The molecule has 2 N–H and O–H groups in total. The second-order valence-corrected chi connectivity index (χ2v) is 11.6. The predicted molar refractivity (Wildman–Crippen MR) is 161 cm³/mol. The highest BCUT2D eigenvalue weighted by atomic mass is 19.1. The first-order valence-corrected chi connectivity index (χ1v) is 14.4. The van der Waals surface area contributed by atoms with Crippen molar-refractivity contribution in [3.63, 3.8) is 0 Å². The summed E-state index contributed by atoms with van der Waals surface area (Å²) in [5.74, 6) is 0.598. The summed E-state index contributed by atoms with van der Waals surface area (Å²) in [6.07, 6.45) is 5.90. The summed E-state index contributed by atoms with van der Waals surface area (Å²) < 4.78 is 28.5. The van der Waals surface area contributed by atoms with Crippen LogP contribution in [-0.2, 0) is 0 Å². The van der Waals surface area contributed by atoms with Crippen molar-refractivity contribution < 1.29 is 18.7 Å². The highest BCUT2D eigenvalue weighted by molar-refractivity contribution is 6.00. The Hall–Kier alpha value is -4.52. The highest BCUT2D eigenvalue weighted by Crippen LogP contribution is 2.47. The summed E-state index contributed by atoms with van der Waals surface area (Å²) in [6.45, 7) is 3.61. The molecule has 1 saturated heterocycles. The Morgan fingerprint density at radius 3 is 2.65 bits per heavy atom. The number of fused-ring (bicyclic) bond motifs is 1. The average molecular weight is 590 g/mol. The molecule has 1 aliphatic heterocycles. The summed E-state index contributed by atoms with van der Waals surface area (Å²) in [7, 11) is 5.65. The third-order valence-corrected chi connectivity index (χ3v) is 8.10. The van der Waals surface area contributed by atoms with Crippen LogP contribution in [0.3, 0.4) is 0 Å². The molecule has 226 valence electrons. The molecule has 0 bridgehead atoms. The van der Waals surface area contributed by atoms with Crippen LogP contribution in [-0.4, -0.2) is 101 Å². The Labute approximate surface area is 249 Å². The number of nitrogen functional groups attached to an aromatic ring is 1. The highest BCUT2D eigenvalue weighted by Gasteiger charge is 2.44. The summed E-state index contributed by atoms with van der Waals surface area (Å²) in [5, 5.41) is 8.34. The van der Waals surface area contributed by atoms with E-state index in [9.17, 15) is 4.79 Å². The summed E-state index contributed by atoms with van der Waals surface area (Å²) >= 11 is 0. The Kier molecular flexibility index (Phi) is 7.74. The van der Waals surface area contributed by atoms with Crippen molar-refractivity contribution in [3.8, 4) is 22.9 Å². The molecule has 0 unspecified atom stereocenters. The van der Waals surface area contributed by atoms with E-state index in [0.717, 1.165) is 31.2 Å². The van der Waals surface area contributed by atoms with Crippen LogP contribution in [0.1, 0.15) is 19.3 Å². The smallest absolute Gasteiger partial charge is 0.346 e. The molecule has 12 nitrogen and oxygen atoms in total. The van der Waals surface area contributed by atoms with Gasteiger partial charge in [0.2, 0.25) is 0 Å². The van der Waals surface area contributed by atoms with Gasteiger partial charge in [-0.05, 0) is 57.6 Å². The van der Waals surface area contributed by atoms with Crippen LogP contribution in [0.2, 0.25) is 0 Å². The van der Waals surface area contributed by atoms with E-state index in [1.165, 1.54) is 24.1 Å². The number of hydrogen-bond acceptors (Lipinski definition) is 10. The standard InChI is InChI=1S/C30H36FN9O3/c1-37(2)18-30(10-11-30)19-43-28-34-25-21(9-8-20(26(25)42-3)24-22(31)6-4-7-23(24)32)27(35-28)38-13-5-14-39(17-16-38)29(41)40-15-12-33-36-40/h4,6-9,12,15H,5,10-11,13-14,16-19,32H2,1-3H3. The zero-order valence-electron chi connectivity index (χ0n) is 24.7. The number of nitrogens with zero attached hydrogens (tertiary/aromatic N) is 8. The van der Waals surface area contributed by atoms with Gasteiger partial charge in [-0.3, -0.25) is 0 Å². The largest absolute Gasteiger partial charge is 0.494 e. The minimum atomic E-state index is -0.451. The number of carbonyl (C=O) groups excluding carboxylic acids is 1. The Bertz CT molecular complexity index is 1600. The van der Waals surface area contributed by atoms with Gasteiger partial charge in [0.25, 0.3) is 0 Å². The molecule has 43 heavy (non-hydrogen) atoms. The molecule has 13 heteroatoms. The quantitative estimate of drug-likeness (QED) is 0.305. The van der Waals surface area contributed by atoms with Gasteiger partial charge in [-0.15, -0.1) is 5.10 Å². The van der Waals surface area contributed by atoms with E-state index in [2.05, 4.69) is 34.2 Å². The molecule has 0 radical (unpaired) electrons. The number of nitrogens with two attached hydrogens (primary N) is 1. The van der Waals surface area contributed by atoms with Gasteiger partial charge in [-0.1, -0.05) is 11.3 Å². The number of methoxy groups -OCH3 is 1. The molecule has 3 heterocycles. The third kappa shape index (κ3) is 5.76. The Balaban J connectivity index is 1.40. The molecule has 2 aliphatic rings. The molecule has 0 atom stereocenters. The van der Waals surface area contributed by atoms with Crippen molar-refractivity contribution in [3.05, 3.63) is 48.5 Å². The lowest BCUT2D eigenvalue weighted by molar-refractivity contribution is 0.183. The number of aromatic nitrogens is 5. The number of rotatable bonds is 8. The topological polar surface area (TPSA) is 128 Å². The summed E-state index contributed by atoms with van der Waals surface area (Å²) in [5.41, 5.74) is 7.84. The summed E-state index contributed by atoms with van der Waals surface area (Å²) in [4.78, 5) is 28.7. The first-order chi connectivity index (χ1) is 20.8.